The molecule has 1 aliphatic rings. The largest absolute Gasteiger partial charge is 0.403 e. The van der Waals surface area contributed by atoms with Gasteiger partial charge >= 0.3 is 16.2 Å². The van der Waals surface area contributed by atoms with Crippen LogP contribution in [0.15, 0.2) is 22.6 Å². The third-order valence-electron chi connectivity index (χ3n) is 3.75. The standard InChI is InChI=1S/C14H14FN3O4S/c1-8-3-4-11(9(2)5-8)13-16-17-14(22-13)18-7-10(6-12(18)19)23(15,20)21/h3-5,10H,6-7H2,1-2H3. The highest BCUT2D eigenvalue weighted by atomic mass is 32.3. The Morgan fingerprint density at radius 1 is 1.30 bits per heavy atom. The highest BCUT2D eigenvalue weighted by Crippen LogP contribution is 2.29. The number of anilines is 1. The average molecular weight is 339 g/mol. The van der Waals surface area contributed by atoms with E-state index in [4.69, 9.17) is 4.42 Å². The van der Waals surface area contributed by atoms with E-state index in [1.165, 1.54) is 0 Å². The van der Waals surface area contributed by atoms with Gasteiger partial charge in [0.25, 0.3) is 0 Å². The minimum absolute atomic E-state index is 0.129. The predicted octanol–water partition coefficient (Wildman–Crippen LogP) is 1.76. The number of nitrogens with zero attached hydrogens (tertiary/aromatic N) is 3. The van der Waals surface area contributed by atoms with E-state index in [1.54, 1.807) is 0 Å². The third kappa shape index (κ3) is 2.96. The Bertz CT molecular complexity index is 878. The highest BCUT2D eigenvalue weighted by Gasteiger charge is 2.41. The van der Waals surface area contributed by atoms with Crippen LogP contribution in [0.4, 0.5) is 9.90 Å². The van der Waals surface area contributed by atoms with Gasteiger partial charge in [-0.3, -0.25) is 9.69 Å². The number of benzene rings is 1. The molecule has 3 rings (SSSR count). The van der Waals surface area contributed by atoms with Gasteiger partial charge in [-0.05, 0) is 25.5 Å². The van der Waals surface area contributed by atoms with Crippen molar-refractivity contribution in [3.8, 4) is 11.5 Å². The Morgan fingerprint density at radius 3 is 2.65 bits per heavy atom. The van der Waals surface area contributed by atoms with Crippen LogP contribution < -0.4 is 4.90 Å². The molecule has 1 amide bonds. The maximum atomic E-state index is 13.0. The lowest BCUT2D eigenvalue weighted by Gasteiger charge is -2.09. The summed E-state index contributed by atoms with van der Waals surface area (Å²) in [7, 11) is -4.79. The van der Waals surface area contributed by atoms with E-state index in [0.29, 0.717) is 0 Å². The van der Waals surface area contributed by atoms with Crippen molar-refractivity contribution < 1.29 is 21.5 Å². The maximum Gasteiger partial charge on any atom is 0.325 e. The van der Waals surface area contributed by atoms with Gasteiger partial charge in [0.1, 0.15) is 5.25 Å². The minimum Gasteiger partial charge on any atom is -0.403 e. The van der Waals surface area contributed by atoms with Gasteiger partial charge < -0.3 is 4.42 Å². The fourth-order valence-electron chi connectivity index (χ4n) is 2.54. The SMILES string of the molecule is Cc1ccc(-c2nnc(N3CC(S(=O)(=O)F)CC3=O)o2)c(C)c1. The van der Waals surface area contributed by atoms with Crippen LogP contribution in [0.1, 0.15) is 17.5 Å². The van der Waals surface area contributed by atoms with Crippen LogP contribution in [-0.4, -0.2) is 36.3 Å². The number of aryl methyl sites for hydroxylation is 2. The second kappa shape index (κ2) is 5.41. The van der Waals surface area contributed by atoms with Crippen LogP contribution in [0.5, 0.6) is 0 Å². The van der Waals surface area contributed by atoms with Crippen LogP contribution in [-0.2, 0) is 15.0 Å². The zero-order valence-electron chi connectivity index (χ0n) is 12.5. The molecule has 1 aliphatic heterocycles. The molecule has 1 aromatic heterocycles. The van der Waals surface area contributed by atoms with Crippen LogP contribution >= 0.6 is 0 Å². The van der Waals surface area contributed by atoms with Crippen LogP contribution in [0.3, 0.4) is 0 Å². The molecule has 1 saturated heterocycles. The molecule has 2 heterocycles. The van der Waals surface area contributed by atoms with Crippen molar-refractivity contribution in [2.75, 3.05) is 11.4 Å². The van der Waals surface area contributed by atoms with E-state index in [1.807, 2.05) is 32.0 Å². The van der Waals surface area contributed by atoms with Crippen molar-refractivity contribution >= 4 is 22.1 Å². The first-order chi connectivity index (χ1) is 10.8. The van der Waals surface area contributed by atoms with Gasteiger partial charge in [0.15, 0.2) is 0 Å². The van der Waals surface area contributed by atoms with Gasteiger partial charge in [-0.1, -0.05) is 22.8 Å². The van der Waals surface area contributed by atoms with E-state index < -0.39 is 27.8 Å². The van der Waals surface area contributed by atoms with Crippen molar-refractivity contribution in [1.29, 1.82) is 0 Å². The summed E-state index contributed by atoms with van der Waals surface area (Å²) in [5.41, 5.74) is 2.73. The summed E-state index contributed by atoms with van der Waals surface area (Å²) < 4.78 is 40.4. The summed E-state index contributed by atoms with van der Waals surface area (Å²) in [4.78, 5) is 12.9. The Morgan fingerprint density at radius 2 is 2.04 bits per heavy atom. The normalized spacial score (nSPS) is 18.7. The number of hydrogen-bond donors (Lipinski definition) is 0. The quantitative estimate of drug-likeness (QED) is 0.791. The van der Waals surface area contributed by atoms with E-state index in [-0.39, 0.29) is 18.5 Å². The van der Waals surface area contributed by atoms with Crippen molar-refractivity contribution in [2.24, 2.45) is 0 Å². The average Bonchev–Trinajstić information content (AvgIpc) is 3.04. The van der Waals surface area contributed by atoms with Gasteiger partial charge in [-0.25, -0.2) is 0 Å². The van der Waals surface area contributed by atoms with Crippen molar-refractivity contribution in [2.45, 2.75) is 25.5 Å². The molecule has 1 aromatic carbocycles. The van der Waals surface area contributed by atoms with E-state index in [2.05, 4.69) is 10.2 Å². The molecule has 1 unspecified atom stereocenters. The molecular weight excluding hydrogens is 325 g/mol. The molecule has 0 saturated carbocycles. The highest BCUT2D eigenvalue weighted by molar-refractivity contribution is 7.87. The number of halogens is 1. The second-order valence-corrected chi connectivity index (χ2v) is 7.13. The topological polar surface area (TPSA) is 93.4 Å². The molecule has 0 N–H and O–H groups in total. The molecule has 0 radical (unpaired) electrons. The molecule has 7 nitrogen and oxygen atoms in total. The molecule has 2 aromatic rings. The van der Waals surface area contributed by atoms with Crippen LogP contribution in [0.25, 0.3) is 11.5 Å². The number of rotatable bonds is 3. The fourth-order valence-corrected chi connectivity index (χ4v) is 3.20. The lowest BCUT2D eigenvalue weighted by Crippen LogP contribution is -2.27. The lowest BCUT2D eigenvalue weighted by atomic mass is 10.1. The van der Waals surface area contributed by atoms with Crippen molar-refractivity contribution in [1.82, 2.24) is 10.2 Å². The molecule has 1 atom stereocenters. The Balaban J connectivity index is 1.89. The molecule has 0 bridgehead atoms. The number of carbonyl (C=O) groups excluding carboxylic acids is 1. The molecular formula is C14H14FN3O4S. The Labute approximate surface area is 132 Å². The Hall–Kier alpha value is -2.29. The zero-order chi connectivity index (χ0) is 16.8. The molecule has 9 heteroatoms. The first-order valence-electron chi connectivity index (χ1n) is 6.90. The molecule has 23 heavy (non-hydrogen) atoms. The van der Waals surface area contributed by atoms with Crippen LogP contribution in [0.2, 0.25) is 0 Å². The van der Waals surface area contributed by atoms with Gasteiger partial charge in [0.05, 0.1) is 6.54 Å². The zero-order valence-corrected chi connectivity index (χ0v) is 13.3. The fraction of sp³-hybridized carbons (Fsp3) is 0.357. The van der Waals surface area contributed by atoms with Gasteiger partial charge in [-0.15, -0.1) is 8.98 Å². The van der Waals surface area contributed by atoms with E-state index in [9.17, 15) is 17.1 Å². The third-order valence-corrected chi connectivity index (χ3v) is 4.86. The molecule has 1 fully saturated rings. The van der Waals surface area contributed by atoms with Gasteiger partial charge in [0, 0.05) is 12.0 Å². The van der Waals surface area contributed by atoms with Crippen LogP contribution in [0, 0.1) is 13.8 Å². The number of carbonyl (C=O) groups is 1. The van der Waals surface area contributed by atoms with E-state index in [0.717, 1.165) is 21.6 Å². The summed E-state index contributed by atoms with van der Waals surface area (Å²) in [5.74, 6) is -0.344. The monoisotopic (exact) mass is 339 g/mol. The predicted molar refractivity (Wildman–Crippen MR) is 80.0 cm³/mol. The molecule has 0 spiro atoms. The first kappa shape index (κ1) is 15.6. The number of amides is 1. The first-order valence-corrected chi connectivity index (χ1v) is 8.35. The summed E-state index contributed by atoms with van der Waals surface area (Å²) in [6.45, 7) is 3.52. The van der Waals surface area contributed by atoms with Crippen molar-refractivity contribution in [3.05, 3.63) is 29.3 Å². The van der Waals surface area contributed by atoms with E-state index >= 15 is 0 Å². The van der Waals surface area contributed by atoms with Crippen molar-refractivity contribution in [3.63, 3.8) is 0 Å². The molecule has 0 aliphatic carbocycles. The lowest BCUT2D eigenvalue weighted by molar-refractivity contribution is -0.117. The second-order valence-electron chi connectivity index (χ2n) is 5.51. The maximum absolute atomic E-state index is 13.0. The Kier molecular flexibility index (Phi) is 3.67. The summed E-state index contributed by atoms with van der Waals surface area (Å²) >= 11 is 0. The van der Waals surface area contributed by atoms with Gasteiger partial charge in [0.2, 0.25) is 11.8 Å². The molecule has 122 valence electrons. The number of aromatic nitrogens is 2. The number of hydrogen-bond acceptors (Lipinski definition) is 6. The smallest absolute Gasteiger partial charge is 0.325 e. The summed E-state index contributed by atoms with van der Waals surface area (Å²) in [5, 5.41) is 6.27. The summed E-state index contributed by atoms with van der Waals surface area (Å²) in [6.07, 6.45) is -0.430. The summed E-state index contributed by atoms with van der Waals surface area (Å²) in [6, 6.07) is 5.53. The van der Waals surface area contributed by atoms with Gasteiger partial charge in [-0.2, -0.15) is 8.42 Å². The minimum atomic E-state index is -4.79.